The van der Waals surface area contributed by atoms with Crippen molar-refractivity contribution in [1.82, 2.24) is 9.55 Å². The molecule has 2 aromatic rings. The fourth-order valence-corrected chi connectivity index (χ4v) is 1.92. The predicted molar refractivity (Wildman–Crippen MR) is 62.5 cm³/mol. The summed E-state index contributed by atoms with van der Waals surface area (Å²) in [6, 6.07) is 5.44. The van der Waals surface area contributed by atoms with E-state index >= 15 is 0 Å². The SMILES string of the molecule is N=Cn1c(=N)nc(Cl)c2ccc(Br)cc21. The molecule has 0 saturated heterocycles. The van der Waals surface area contributed by atoms with Crippen LogP contribution in [0.4, 0.5) is 0 Å². The Hall–Kier alpha value is -1.20. The minimum Gasteiger partial charge on any atom is -0.291 e. The first kappa shape index (κ1) is 10.3. The Balaban J connectivity index is 3.04. The van der Waals surface area contributed by atoms with Crippen LogP contribution in [0.1, 0.15) is 0 Å². The van der Waals surface area contributed by atoms with E-state index in [1.165, 1.54) is 4.57 Å². The van der Waals surface area contributed by atoms with Gasteiger partial charge in [0.05, 0.1) is 11.9 Å². The fourth-order valence-electron chi connectivity index (χ4n) is 1.33. The lowest BCUT2D eigenvalue weighted by Crippen LogP contribution is -2.23. The summed E-state index contributed by atoms with van der Waals surface area (Å²) in [5.41, 5.74) is 0.630. The standard InChI is InChI=1S/C9H6BrClN4/c10-5-1-2-6-7(3-5)15(4-12)9(13)14-8(6)11/h1-4,12-13H. The van der Waals surface area contributed by atoms with Crippen molar-refractivity contribution in [3.05, 3.63) is 33.4 Å². The molecule has 0 aliphatic rings. The van der Waals surface area contributed by atoms with E-state index in [0.717, 1.165) is 16.2 Å². The Morgan fingerprint density at radius 2 is 2.20 bits per heavy atom. The summed E-state index contributed by atoms with van der Waals surface area (Å²) < 4.78 is 2.22. The van der Waals surface area contributed by atoms with Crippen molar-refractivity contribution in [1.29, 1.82) is 10.8 Å². The van der Waals surface area contributed by atoms with E-state index in [2.05, 4.69) is 20.9 Å². The summed E-state index contributed by atoms with van der Waals surface area (Å²) in [7, 11) is 0. The monoisotopic (exact) mass is 284 g/mol. The number of nitrogens with one attached hydrogen (secondary N) is 2. The van der Waals surface area contributed by atoms with Gasteiger partial charge < -0.3 is 0 Å². The van der Waals surface area contributed by atoms with E-state index in [-0.39, 0.29) is 10.8 Å². The van der Waals surface area contributed by atoms with Crippen LogP contribution < -0.4 is 5.62 Å². The van der Waals surface area contributed by atoms with Crippen LogP contribution in [0.5, 0.6) is 0 Å². The van der Waals surface area contributed by atoms with Crippen molar-refractivity contribution in [2.45, 2.75) is 0 Å². The Labute approximate surface area is 98.7 Å². The van der Waals surface area contributed by atoms with Crippen LogP contribution in [-0.4, -0.2) is 15.9 Å². The van der Waals surface area contributed by atoms with Crippen molar-refractivity contribution in [2.75, 3.05) is 0 Å². The van der Waals surface area contributed by atoms with Gasteiger partial charge in [-0.3, -0.25) is 15.4 Å². The van der Waals surface area contributed by atoms with Crippen LogP contribution in [0.25, 0.3) is 10.9 Å². The first-order valence-corrected chi connectivity index (χ1v) is 5.23. The maximum Gasteiger partial charge on any atom is 0.229 e. The molecular weight excluding hydrogens is 279 g/mol. The van der Waals surface area contributed by atoms with Crippen LogP contribution in [0.3, 0.4) is 0 Å². The second-order valence-electron chi connectivity index (χ2n) is 2.89. The zero-order chi connectivity index (χ0) is 11.0. The first-order valence-electron chi connectivity index (χ1n) is 4.06. The first-order chi connectivity index (χ1) is 7.13. The molecule has 15 heavy (non-hydrogen) atoms. The molecule has 1 heterocycles. The van der Waals surface area contributed by atoms with Crippen molar-refractivity contribution in [2.24, 2.45) is 0 Å². The molecule has 4 nitrogen and oxygen atoms in total. The Morgan fingerprint density at radius 1 is 1.47 bits per heavy atom. The maximum absolute atomic E-state index is 7.57. The van der Waals surface area contributed by atoms with Crippen LogP contribution in [0.15, 0.2) is 22.7 Å². The van der Waals surface area contributed by atoms with E-state index in [4.69, 9.17) is 22.4 Å². The second-order valence-corrected chi connectivity index (χ2v) is 4.16. The highest BCUT2D eigenvalue weighted by atomic mass is 79.9. The summed E-state index contributed by atoms with van der Waals surface area (Å²) in [4.78, 5) is 3.83. The molecule has 0 spiro atoms. The lowest BCUT2D eigenvalue weighted by Gasteiger charge is -2.06. The zero-order valence-electron chi connectivity index (χ0n) is 7.46. The van der Waals surface area contributed by atoms with Gasteiger partial charge >= 0.3 is 0 Å². The molecule has 1 aromatic heterocycles. The highest BCUT2D eigenvalue weighted by Gasteiger charge is 2.05. The molecule has 6 heteroatoms. The molecule has 0 bridgehead atoms. The van der Waals surface area contributed by atoms with Gasteiger partial charge in [-0.25, -0.2) is 4.98 Å². The third kappa shape index (κ3) is 1.68. The summed E-state index contributed by atoms with van der Waals surface area (Å²) in [6.45, 7) is 0. The van der Waals surface area contributed by atoms with Gasteiger partial charge in [-0.2, -0.15) is 0 Å². The Kier molecular flexibility index (Phi) is 2.58. The highest BCUT2D eigenvalue weighted by Crippen LogP contribution is 2.22. The number of aromatic nitrogens is 2. The number of fused-ring (bicyclic) bond motifs is 1. The summed E-state index contributed by atoms with van der Waals surface area (Å²) >= 11 is 9.24. The Bertz CT molecular complexity index is 605. The third-order valence-electron chi connectivity index (χ3n) is 2.00. The average molecular weight is 286 g/mol. The van der Waals surface area contributed by atoms with Gasteiger partial charge in [0.1, 0.15) is 5.15 Å². The molecular formula is C9H6BrClN4. The number of nitrogens with zero attached hydrogens (tertiary/aromatic N) is 2. The summed E-state index contributed by atoms with van der Waals surface area (Å²) in [5.74, 6) is 0. The van der Waals surface area contributed by atoms with E-state index in [1.54, 1.807) is 12.1 Å². The molecule has 2 rings (SSSR count). The molecule has 0 fully saturated rings. The van der Waals surface area contributed by atoms with E-state index < -0.39 is 0 Å². The topological polar surface area (TPSA) is 65.5 Å². The number of benzene rings is 1. The van der Waals surface area contributed by atoms with E-state index in [1.807, 2.05) is 6.07 Å². The molecule has 0 aliphatic heterocycles. The number of halogens is 2. The third-order valence-corrected chi connectivity index (χ3v) is 2.78. The van der Waals surface area contributed by atoms with Gasteiger partial charge in [-0.05, 0) is 18.2 Å². The molecule has 0 atom stereocenters. The van der Waals surface area contributed by atoms with Crippen LogP contribution in [0, 0.1) is 10.8 Å². The van der Waals surface area contributed by atoms with Gasteiger partial charge in [-0.15, -0.1) is 0 Å². The van der Waals surface area contributed by atoms with E-state index in [9.17, 15) is 0 Å². The van der Waals surface area contributed by atoms with Crippen molar-refractivity contribution < 1.29 is 0 Å². The molecule has 0 unspecified atom stereocenters. The summed E-state index contributed by atoms with van der Waals surface area (Å²) in [6.07, 6.45) is 1.04. The van der Waals surface area contributed by atoms with Crippen LogP contribution in [0.2, 0.25) is 5.15 Å². The van der Waals surface area contributed by atoms with Gasteiger partial charge in [-0.1, -0.05) is 27.5 Å². The minimum absolute atomic E-state index is 0.0550. The normalized spacial score (nSPS) is 10.5. The lowest BCUT2D eigenvalue weighted by atomic mass is 10.2. The average Bonchev–Trinajstić information content (AvgIpc) is 2.17. The zero-order valence-corrected chi connectivity index (χ0v) is 9.80. The number of hydrogen-bond acceptors (Lipinski definition) is 3. The quantitative estimate of drug-likeness (QED) is 0.471. The number of hydrogen-bond donors (Lipinski definition) is 2. The molecule has 76 valence electrons. The molecule has 0 amide bonds. The fraction of sp³-hybridized carbons (Fsp3) is 0. The van der Waals surface area contributed by atoms with Gasteiger partial charge in [0.2, 0.25) is 5.62 Å². The summed E-state index contributed by atoms with van der Waals surface area (Å²) in [5, 5.41) is 15.8. The molecule has 0 aliphatic carbocycles. The molecule has 0 radical (unpaired) electrons. The lowest BCUT2D eigenvalue weighted by molar-refractivity contribution is 0.926. The van der Waals surface area contributed by atoms with Crippen molar-refractivity contribution in [3.63, 3.8) is 0 Å². The van der Waals surface area contributed by atoms with Gasteiger partial charge in [0, 0.05) is 9.86 Å². The smallest absolute Gasteiger partial charge is 0.229 e. The number of rotatable bonds is 1. The molecule has 0 saturated carbocycles. The second kappa shape index (κ2) is 3.75. The van der Waals surface area contributed by atoms with Crippen molar-refractivity contribution in [3.8, 4) is 0 Å². The maximum atomic E-state index is 7.57. The molecule has 1 aromatic carbocycles. The van der Waals surface area contributed by atoms with Gasteiger partial charge in [0.25, 0.3) is 0 Å². The Morgan fingerprint density at radius 3 is 2.87 bits per heavy atom. The largest absolute Gasteiger partial charge is 0.291 e. The minimum atomic E-state index is -0.0550. The highest BCUT2D eigenvalue weighted by molar-refractivity contribution is 9.10. The van der Waals surface area contributed by atoms with Crippen molar-refractivity contribution >= 4 is 44.8 Å². The van der Waals surface area contributed by atoms with Gasteiger partial charge in [0.15, 0.2) is 0 Å². The van der Waals surface area contributed by atoms with Crippen LogP contribution >= 0.6 is 27.5 Å². The van der Waals surface area contributed by atoms with Crippen LogP contribution in [-0.2, 0) is 0 Å². The molecule has 2 N–H and O–H groups in total. The predicted octanol–water partition coefficient (Wildman–Crippen LogP) is 2.39. The van der Waals surface area contributed by atoms with E-state index in [0.29, 0.717) is 5.52 Å².